The molecule has 1 aromatic carbocycles. The van der Waals surface area contributed by atoms with Gasteiger partial charge in [-0.05, 0) is 55.9 Å². The highest BCUT2D eigenvalue weighted by Crippen LogP contribution is 2.30. The van der Waals surface area contributed by atoms with Gasteiger partial charge < -0.3 is 10.0 Å². The van der Waals surface area contributed by atoms with Crippen LogP contribution in [0.5, 0.6) is 0 Å². The second kappa shape index (κ2) is 7.43. The van der Waals surface area contributed by atoms with Gasteiger partial charge in [-0.15, -0.1) is 0 Å². The molecule has 1 aliphatic carbocycles. The van der Waals surface area contributed by atoms with E-state index in [4.69, 9.17) is 0 Å². The van der Waals surface area contributed by atoms with Gasteiger partial charge in [-0.1, -0.05) is 12.5 Å². The summed E-state index contributed by atoms with van der Waals surface area (Å²) in [5, 5.41) is 9.24. The minimum Gasteiger partial charge on any atom is -0.393 e. The molecule has 0 radical (unpaired) electrons. The number of hydrogen-bond acceptors (Lipinski definition) is 4. The van der Waals surface area contributed by atoms with Crippen molar-refractivity contribution in [2.75, 3.05) is 13.1 Å². The van der Waals surface area contributed by atoms with Crippen LogP contribution < -0.4 is 4.72 Å². The van der Waals surface area contributed by atoms with Gasteiger partial charge in [0.15, 0.2) is 0 Å². The van der Waals surface area contributed by atoms with E-state index in [0.717, 1.165) is 30.4 Å². The molecule has 1 saturated carbocycles. The number of rotatable bonds is 6. The number of sulfonamides is 1. The van der Waals surface area contributed by atoms with E-state index < -0.39 is 16.1 Å². The third-order valence-electron chi connectivity index (χ3n) is 5.12. The first-order valence-electron chi connectivity index (χ1n) is 8.95. The van der Waals surface area contributed by atoms with Crippen molar-refractivity contribution in [3.63, 3.8) is 0 Å². The van der Waals surface area contributed by atoms with Crippen LogP contribution >= 0.6 is 0 Å². The van der Waals surface area contributed by atoms with E-state index in [0.29, 0.717) is 25.9 Å². The molecule has 3 rings (SSSR count). The van der Waals surface area contributed by atoms with Gasteiger partial charge in [0.2, 0.25) is 15.9 Å². The van der Waals surface area contributed by atoms with Crippen molar-refractivity contribution >= 4 is 15.9 Å². The lowest BCUT2D eigenvalue weighted by Gasteiger charge is -2.35. The molecule has 0 saturated heterocycles. The summed E-state index contributed by atoms with van der Waals surface area (Å²) >= 11 is 0. The van der Waals surface area contributed by atoms with Gasteiger partial charge in [-0.2, -0.15) is 0 Å². The molecule has 0 aromatic heterocycles. The van der Waals surface area contributed by atoms with Crippen LogP contribution in [0.1, 0.15) is 43.7 Å². The number of nitrogens with one attached hydrogen (secondary N) is 1. The van der Waals surface area contributed by atoms with Crippen molar-refractivity contribution in [1.29, 1.82) is 0 Å². The molecule has 25 heavy (non-hydrogen) atoms. The predicted octanol–water partition coefficient (Wildman–Crippen LogP) is 1.42. The summed E-state index contributed by atoms with van der Waals surface area (Å²) in [6.07, 6.45) is 3.66. The molecule has 6 nitrogen and oxygen atoms in total. The Morgan fingerprint density at radius 1 is 1.36 bits per heavy atom. The van der Waals surface area contributed by atoms with Crippen molar-refractivity contribution in [2.24, 2.45) is 5.92 Å². The summed E-state index contributed by atoms with van der Waals surface area (Å²) in [6.45, 7) is 3.06. The Labute approximate surface area is 149 Å². The van der Waals surface area contributed by atoms with Gasteiger partial charge >= 0.3 is 0 Å². The number of hydrogen-bond donors (Lipinski definition) is 2. The Hall–Kier alpha value is -1.44. The number of amides is 1. The normalized spacial score (nSPS) is 19.2. The number of fused-ring (bicyclic) bond motifs is 1. The largest absolute Gasteiger partial charge is 0.393 e. The van der Waals surface area contributed by atoms with E-state index in [-0.39, 0.29) is 23.3 Å². The standard InChI is InChI=1S/C18H26N2O4S/c1-13(21)7-9-19-25(23,24)17-6-5-16-12-20(10-8-15(16)11-17)18(22)14-3-2-4-14/h5-6,11,13-14,19,21H,2-4,7-10,12H2,1H3/t13-/m0/s1. The Balaban J connectivity index is 1.68. The summed E-state index contributed by atoms with van der Waals surface area (Å²) in [7, 11) is -3.57. The summed E-state index contributed by atoms with van der Waals surface area (Å²) in [4.78, 5) is 14.5. The quantitative estimate of drug-likeness (QED) is 0.797. The molecule has 1 heterocycles. The van der Waals surface area contributed by atoms with Crippen LogP contribution in [0.2, 0.25) is 0 Å². The number of aliphatic hydroxyl groups excluding tert-OH is 1. The molecule has 2 aliphatic rings. The summed E-state index contributed by atoms with van der Waals surface area (Å²) in [6, 6.07) is 5.13. The Bertz CT molecular complexity index is 741. The zero-order valence-electron chi connectivity index (χ0n) is 14.6. The molecular weight excluding hydrogens is 340 g/mol. The highest BCUT2D eigenvalue weighted by Gasteiger charge is 2.31. The van der Waals surface area contributed by atoms with Gasteiger partial charge in [-0.25, -0.2) is 13.1 Å². The summed E-state index contributed by atoms with van der Waals surface area (Å²) in [5.74, 6) is 0.438. The molecule has 0 spiro atoms. The van der Waals surface area contributed by atoms with Gasteiger partial charge in [0.05, 0.1) is 11.0 Å². The monoisotopic (exact) mass is 366 g/mol. The fourth-order valence-electron chi connectivity index (χ4n) is 3.28. The van der Waals surface area contributed by atoms with E-state index in [1.54, 1.807) is 19.1 Å². The lowest BCUT2D eigenvalue weighted by molar-refractivity contribution is -0.139. The van der Waals surface area contributed by atoms with Crippen LogP contribution in [-0.2, 0) is 27.8 Å². The molecule has 1 aromatic rings. The first kappa shape index (κ1) is 18.4. The molecule has 1 amide bonds. The van der Waals surface area contributed by atoms with E-state index in [1.165, 1.54) is 0 Å². The smallest absolute Gasteiger partial charge is 0.240 e. The number of nitrogens with zero attached hydrogens (tertiary/aromatic N) is 1. The Kier molecular flexibility index (Phi) is 5.46. The summed E-state index contributed by atoms with van der Waals surface area (Å²) < 4.78 is 27.2. The third-order valence-corrected chi connectivity index (χ3v) is 6.58. The molecule has 0 bridgehead atoms. The van der Waals surface area contributed by atoms with Crippen molar-refractivity contribution in [3.8, 4) is 0 Å². The van der Waals surface area contributed by atoms with Crippen LogP contribution in [0.3, 0.4) is 0 Å². The first-order valence-corrected chi connectivity index (χ1v) is 10.4. The van der Waals surface area contributed by atoms with E-state index in [1.807, 2.05) is 11.0 Å². The molecule has 1 atom stereocenters. The van der Waals surface area contributed by atoms with Gasteiger partial charge in [0.25, 0.3) is 0 Å². The average Bonchev–Trinajstić information content (AvgIpc) is 2.51. The second-order valence-electron chi connectivity index (χ2n) is 7.10. The molecule has 2 N–H and O–H groups in total. The lowest BCUT2D eigenvalue weighted by atomic mass is 9.84. The van der Waals surface area contributed by atoms with Crippen molar-refractivity contribution in [3.05, 3.63) is 29.3 Å². The maximum Gasteiger partial charge on any atom is 0.240 e. The molecule has 1 fully saturated rings. The average molecular weight is 366 g/mol. The molecule has 7 heteroatoms. The fraction of sp³-hybridized carbons (Fsp3) is 0.611. The van der Waals surface area contributed by atoms with Crippen LogP contribution in [0.4, 0.5) is 0 Å². The zero-order valence-corrected chi connectivity index (χ0v) is 15.4. The number of carbonyl (C=O) groups excluding carboxylic acids is 1. The number of carbonyl (C=O) groups is 1. The van der Waals surface area contributed by atoms with Crippen LogP contribution in [-0.4, -0.2) is 43.5 Å². The molecule has 138 valence electrons. The predicted molar refractivity (Wildman–Crippen MR) is 94.4 cm³/mol. The minimum atomic E-state index is -3.57. The summed E-state index contributed by atoms with van der Waals surface area (Å²) in [5.41, 5.74) is 2.03. The minimum absolute atomic E-state index is 0.194. The molecule has 0 unspecified atom stereocenters. The van der Waals surface area contributed by atoms with Crippen molar-refractivity contribution in [1.82, 2.24) is 9.62 Å². The number of aliphatic hydroxyl groups is 1. The van der Waals surface area contributed by atoms with Gasteiger partial charge in [0, 0.05) is 25.6 Å². The third kappa shape index (κ3) is 4.22. The van der Waals surface area contributed by atoms with Crippen molar-refractivity contribution in [2.45, 2.75) is 56.6 Å². The van der Waals surface area contributed by atoms with Crippen molar-refractivity contribution < 1.29 is 18.3 Å². The van der Waals surface area contributed by atoms with Gasteiger partial charge in [-0.3, -0.25) is 4.79 Å². The van der Waals surface area contributed by atoms with E-state index in [9.17, 15) is 18.3 Å². The van der Waals surface area contributed by atoms with Crippen LogP contribution in [0, 0.1) is 5.92 Å². The maximum atomic E-state index is 12.4. The number of benzene rings is 1. The first-order chi connectivity index (χ1) is 11.9. The van der Waals surface area contributed by atoms with Gasteiger partial charge in [0.1, 0.15) is 0 Å². The highest BCUT2D eigenvalue weighted by molar-refractivity contribution is 7.89. The Morgan fingerprint density at radius 2 is 2.12 bits per heavy atom. The van der Waals surface area contributed by atoms with Crippen LogP contribution in [0.15, 0.2) is 23.1 Å². The van der Waals surface area contributed by atoms with E-state index in [2.05, 4.69) is 4.72 Å². The molecule has 1 aliphatic heterocycles. The fourth-order valence-corrected chi connectivity index (χ4v) is 4.38. The maximum absolute atomic E-state index is 12.4. The second-order valence-corrected chi connectivity index (χ2v) is 8.87. The van der Waals surface area contributed by atoms with Crippen LogP contribution in [0.25, 0.3) is 0 Å². The highest BCUT2D eigenvalue weighted by atomic mass is 32.2. The zero-order chi connectivity index (χ0) is 18.0. The SMILES string of the molecule is C[C@H](O)CCNS(=O)(=O)c1ccc2c(c1)CCN(C(=O)C1CCC1)C2. The molecular formula is C18H26N2O4S. The van der Waals surface area contributed by atoms with E-state index >= 15 is 0 Å². The lowest BCUT2D eigenvalue weighted by Crippen LogP contribution is -2.41. The Morgan fingerprint density at radius 3 is 2.76 bits per heavy atom. The topological polar surface area (TPSA) is 86.7 Å².